The van der Waals surface area contributed by atoms with Gasteiger partial charge in [0, 0.05) is 43.3 Å². The van der Waals surface area contributed by atoms with Crippen molar-refractivity contribution in [3.63, 3.8) is 0 Å². The summed E-state index contributed by atoms with van der Waals surface area (Å²) in [5.41, 5.74) is 1.81. The van der Waals surface area contributed by atoms with Crippen molar-refractivity contribution in [3.05, 3.63) is 64.1 Å². The third kappa shape index (κ3) is 3.94. The number of nitrogens with zero attached hydrogens (tertiary/aromatic N) is 4. The molecule has 0 bridgehead atoms. The van der Waals surface area contributed by atoms with Crippen molar-refractivity contribution >= 4 is 17.0 Å². The van der Waals surface area contributed by atoms with Gasteiger partial charge in [0.15, 0.2) is 0 Å². The molecule has 3 heterocycles. The minimum atomic E-state index is -1.26. The minimum Gasteiger partial charge on any atom is -0.477 e. The SMILES string of the molecule is N#Cc1ccc(-c2cnc3c(c2)cc(C(=O)O)c(=O)n3CCN2CCOCC2)cc1. The maximum absolute atomic E-state index is 12.8. The van der Waals surface area contributed by atoms with Crippen molar-refractivity contribution in [2.24, 2.45) is 0 Å². The molecule has 0 saturated carbocycles. The molecular weight excluding hydrogens is 384 g/mol. The van der Waals surface area contributed by atoms with E-state index in [1.807, 2.05) is 18.2 Å². The number of benzene rings is 1. The molecular formula is C22H20N4O4. The van der Waals surface area contributed by atoms with E-state index in [0.29, 0.717) is 42.9 Å². The average Bonchev–Trinajstić information content (AvgIpc) is 2.78. The van der Waals surface area contributed by atoms with Gasteiger partial charge in [-0.05, 0) is 29.8 Å². The third-order valence-electron chi connectivity index (χ3n) is 5.25. The summed E-state index contributed by atoms with van der Waals surface area (Å²) in [6.45, 7) is 3.82. The van der Waals surface area contributed by atoms with E-state index in [1.165, 1.54) is 10.6 Å². The fourth-order valence-corrected chi connectivity index (χ4v) is 3.59. The fraction of sp³-hybridized carbons (Fsp3) is 0.273. The van der Waals surface area contributed by atoms with Gasteiger partial charge in [0.05, 0.1) is 24.8 Å². The zero-order valence-corrected chi connectivity index (χ0v) is 16.2. The molecule has 2 aromatic heterocycles. The summed E-state index contributed by atoms with van der Waals surface area (Å²) in [5.74, 6) is -1.26. The molecule has 1 N–H and O–H groups in total. The molecule has 152 valence electrons. The second-order valence-electron chi connectivity index (χ2n) is 7.10. The predicted molar refractivity (Wildman–Crippen MR) is 110 cm³/mol. The van der Waals surface area contributed by atoms with Gasteiger partial charge in [-0.2, -0.15) is 5.26 Å². The first kappa shape index (κ1) is 19.8. The fourth-order valence-electron chi connectivity index (χ4n) is 3.59. The lowest BCUT2D eigenvalue weighted by Gasteiger charge is -2.26. The zero-order valence-electron chi connectivity index (χ0n) is 16.2. The molecule has 1 aliphatic rings. The molecule has 0 atom stereocenters. The van der Waals surface area contributed by atoms with Crippen LogP contribution in [0.1, 0.15) is 15.9 Å². The van der Waals surface area contributed by atoms with E-state index in [9.17, 15) is 14.7 Å². The van der Waals surface area contributed by atoms with Crippen LogP contribution < -0.4 is 5.56 Å². The van der Waals surface area contributed by atoms with E-state index < -0.39 is 11.5 Å². The first-order valence-electron chi connectivity index (χ1n) is 9.64. The molecule has 0 aliphatic carbocycles. The highest BCUT2D eigenvalue weighted by atomic mass is 16.5. The monoisotopic (exact) mass is 404 g/mol. The van der Waals surface area contributed by atoms with Crippen molar-refractivity contribution in [1.29, 1.82) is 5.26 Å². The largest absolute Gasteiger partial charge is 0.477 e. The first-order chi connectivity index (χ1) is 14.6. The van der Waals surface area contributed by atoms with Crippen LogP contribution in [0.2, 0.25) is 0 Å². The number of morpholine rings is 1. The Bertz CT molecular complexity index is 1190. The molecule has 0 radical (unpaired) electrons. The standard InChI is InChI=1S/C22H20N4O4/c23-13-15-1-3-16(4-2-15)18-11-17-12-19(22(28)29)21(27)26(20(17)24-14-18)6-5-25-7-9-30-10-8-25/h1-4,11-12,14H,5-10H2,(H,28,29). The lowest BCUT2D eigenvalue weighted by Crippen LogP contribution is -2.39. The quantitative estimate of drug-likeness (QED) is 0.692. The van der Waals surface area contributed by atoms with Crippen LogP contribution in [-0.2, 0) is 11.3 Å². The summed E-state index contributed by atoms with van der Waals surface area (Å²) >= 11 is 0. The predicted octanol–water partition coefficient (Wildman–Crippen LogP) is 1.97. The van der Waals surface area contributed by atoms with Gasteiger partial charge in [-0.25, -0.2) is 9.78 Å². The van der Waals surface area contributed by atoms with Gasteiger partial charge in [0.25, 0.3) is 5.56 Å². The average molecular weight is 404 g/mol. The van der Waals surface area contributed by atoms with Gasteiger partial charge >= 0.3 is 5.97 Å². The van der Waals surface area contributed by atoms with Crippen LogP contribution in [0.15, 0.2) is 47.4 Å². The molecule has 1 saturated heterocycles. The van der Waals surface area contributed by atoms with E-state index >= 15 is 0 Å². The number of nitriles is 1. The number of rotatable bonds is 5. The number of fused-ring (bicyclic) bond motifs is 1. The smallest absolute Gasteiger partial charge is 0.341 e. The summed E-state index contributed by atoms with van der Waals surface area (Å²) in [4.78, 5) is 31.1. The normalized spacial score (nSPS) is 14.5. The van der Waals surface area contributed by atoms with Crippen LogP contribution in [0.25, 0.3) is 22.2 Å². The zero-order chi connectivity index (χ0) is 21.1. The van der Waals surface area contributed by atoms with E-state index in [-0.39, 0.29) is 5.56 Å². The van der Waals surface area contributed by atoms with Gasteiger partial charge in [0.1, 0.15) is 11.2 Å². The Hall–Kier alpha value is -3.54. The maximum atomic E-state index is 12.8. The molecule has 4 rings (SSSR count). The van der Waals surface area contributed by atoms with E-state index in [2.05, 4.69) is 16.0 Å². The highest BCUT2D eigenvalue weighted by Gasteiger charge is 2.18. The van der Waals surface area contributed by atoms with Crippen molar-refractivity contribution in [2.75, 3.05) is 32.8 Å². The van der Waals surface area contributed by atoms with Crippen molar-refractivity contribution < 1.29 is 14.6 Å². The highest BCUT2D eigenvalue weighted by molar-refractivity contribution is 5.92. The molecule has 0 spiro atoms. The van der Waals surface area contributed by atoms with E-state index in [0.717, 1.165) is 24.2 Å². The first-order valence-corrected chi connectivity index (χ1v) is 9.64. The van der Waals surface area contributed by atoms with E-state index in [1.54, 1.807) is 18.3 Å². The van der Waals surface area contributed by atoms with Crippen molar-refractivity contribution in [3.8, 4) is 17.2 Å². The maximum Gasteiger partial charge on any atom is 0.341 e. The van der Waals surface area contributed by atoms with Crippen LogP contribution in [0, 0.1) is 11.3 Å². The lowest BCUT2D eigenvalue weighted by molar-refractivity contribution is 0.0364. The summed E-state index contributed by atoms with van der Waals surface area (Å²) < 4.78 is 6.79. The molecule has 1 aliphatic heterocycles. The van der Waals surface area contributed by atoms with Crippen LogP contribution >= 0.6 is 0 Å². The van der Waals surface area contributed by atoms with Crippen molar-refractivity contribution in [2.45, 2.75) is 6.54 Å². The molecule has 1 fully saturated rings. The molecule has 30 heavy (non-hydrogen) atoms. The van der Waals surface area contributed by atoms with E-state index in [4.69, 9.17) is 10.00 Å². The van der Waals surface area contributed by atoms with Gasteiger partial charge in [-0.15, -0.1) is 0 Å². The number of ether oxygens (including phenoxy) is 1. The Morgan fingerprint density at radius 2 is 1.87 bits per heavy atom. The Balaban J connectivity index is 1.75. The number of hydrogen-bond donors (Lipinski definition) is 1. The number of carboxylic acid groups (broad SMARTS) is 1. The number of hydrogen-bond acceptors (Lipinski definition) is 6. The Morgan fingerprint density at radius 3 is 2.53 bits per heavy atom. The molecule has 3 aromatic rings. The molecule has 0 unspecified atom stereocenters. The Labute approximate surface area is 172 Å². The third-order valence-corrected chi connectivity index (χ3v) is 5.25. The highest BCUT2D eigenvalue weighted by Crippen LogP contribution is 2.23. The second kappa shape index (κ2) is 8.45. The van der Waals surface area contributed by atoms with Crippen LogP contribution in [0.4, 0.5) is 0 Å². The Kier molecular flexibility index (Phi) is 5.57. The number of carbonyl (C=O) groups is 1. The van der Waals surface area contributed by atoms with Crippen molar-refractivity contribution in [1.82, 2.24) is 14.5 Å². The Morgan fingerprint density at radius 1 is 1.13 bits per heavy atom. The van der Waals surface area contributed by atoms with Gasteiger partial charge in [-0.1, -0.05) is 12.1 Å². The number of carboxylic acids is 1. The second-order valence-corrected chi connectivity index (χ2v) is 7.10. The summed E-state index contributed by atoms with van der Waals surface area (Å²) in [6.07, 6.45) is 1.66. The summed E-state index contributed by atoms with van der Waals surface area (Å²) in [6, 6.07) is 12.3. The minimum absolute atomic E-state index is 0.275. The van der Waals surface area contributed by atoms with Crippen LogP contribution in [-0.4, -0.2) is 58.4 Å². The summed E-state index contributed by atoms with van der Waals surface area (Å²) in [7, 11) is 0. The topological polar surface area (TPSA) is 108 Å². The molecule has 0 amide bonds. The van der Waals surface area contributed by atoms with Crippen LogP contribution in [0.5, 0.6) is 0 Å². The van der Waals surface area contributed by atoms with Gasteiger partial charge < -0.3 is 9.84 Å². The summed E-state index contributed by atoms with van der Waals surface area (Å²) in [5, 5.41) is 19.1. The molecule has 8 nitrogen and oxygen atoms in total. The van der Waals surface area contributed by atoms with Gasteiger partial charge in [0.2, 0.25) is 0 Å². The molecule has 1 aromatic carbocycles. The lowest BCUT2D eigenvalue weighted by atomic mass is 10.0. The van der Waals surface area contributed by atoms with Crippen LogP contribution in [0.3, 0.4) is 0 Å². The number of aromatic nitrogens is 2. The number of pyridine rings is 2. The molecule has 8 heteroatoms. The van der Waals surface area contributed by atoms with Gasteiger partial charge in [-0.3, -0.25) is 14.3 Å². The number of aromatic carboxylic acids is 1.